The summed E-state index contributed by atoms with van der Waals surface area (Å²) < 4.78 is 11.6. The molecule has 0 spiro atoms. The average molecular weight is 274 g/mol. The van der Waals surface area contributed by atoms with E-state index in [1.807, 2.05) is 18.2 Å². The molecule has 2 nitrogen and oxygen atoms in total. The first kappa shape index (κ1) is 7.91. The van der Waals surface area contributed by atoms with Gasteiger partial charge in [-0.15, -0.1) is 0 Å². The highest BCUT2D eigenvalue weighted by Gasteiger charge is 2.06. The van der Waals surface area contributed by atoms with Crippen LogP contribution in [0.3, 0.4) is 0 Å². The van der Waals surface area contributed by atoms with Crippen molar-refractivity contribution >= 4 is 33.6 Å². The molecule has 3 heteroatoms. The molecule has 2 rings (SSSR count). The molecule has 0 aliphatic rings. The second-order valence-electron chi connectivity index (χ2n) is 2.41. The Morgan fingerprint density at radius 3 is 2.92 bits per heavy atom. The van der Waals surface area contributed by atoms with E-state index in [4.69, 9.17) is 9.15 Å². The van der Waals surface area contributed by atoms with Crippen molar-refractivity contribution in [1.82, 2.24) is 0 Å². The van der Waals surface area contributed by atoms with E-state index in [1.54, 1.807) is 13.4 Å². The van der Waals surface area contributed by atoms with E-state index >= 15 is 0 Å². The molecule has 0 atom stereocenters. The first-order chi connectivity index (χ1) is 5.83. The maximum atomic E-state index is 5.29. The number of hydrogen-bond donors (Lipinski definition) is 0. The van der Waals surface area contributed by atoms with Crippen molar-refractivity contribution in [3.05, 3.63) is 28.0 Å². The Bertz CT molecular complexity index is 406. The van der Waals surface area contributed by atoms with Crippen molar-refractivity contribution in [2.45, 2.75) is 0 Å². The quantitative estimate of drug-likeness (QED) is 0.746. The van der Waals surface area contributed by atoms with Crippen molar-refractivity contribution in [3.8, 4) is 5.75 Å². The van der Waals surface area contributed by atoms with Gasteiger partial charge in [0.05, 0.1) is 13.4 Å². The number of benzene rings is 1. The molecule has 0 fully saturated rings. The molecule has 12 heavy (non-hydrogen) atoms. The van der Waals surface area contributed by atoms with Crippen molar-refractivity contribution in [2.24, 2.45) is 0 Å². The molecule has 0 amide bonds. The van der Waals surface area contributed by atoms with Crippen LogP contribution in [-0.2, 0) is 0 Å². The Morgan fingerprint density at radius 1 is 1.33 bits per heavy atom. The number of fused-ring (bicyclic) bond motifs is 1. The highest BCUT2D eigenvalue weighted by Crippen LogP contribution is 2.29. The first-order valence-corrected chi connectivity index (χ1v) is 4.60. The van der Waals surface area contributed by atoms with Gasteiger partial charge >= 0.3 is 0 Å². The summed E-state index contributed by atoms with van der Waals surface area (Å²) in [6, 6.07) is 5.87. The summed E-state index contributed by atoms with van der Waals surface area (Å²) in [7, 11) is 1.64. The predicted octanol–water partition coefficient (Wildman–Crippen LogP) is 3.05. The van der Waals surface area contributed by atoms with Crippen molar-refractivity contribution < 1.29 is 9.15 Å². The lowest BCUT2D eigenvalue weighted by molar-refractivity contribution is 0.410. The largest absolute Gasteiger partial charge is 0.493 e. The minimum Gasteiger partial charge on any atom is -0.493 e. The molecular formula is C9H7IO2. The molecule has 1 aromatic carbocycles. The van der Waals surface area contributed by atoms with E-state index in [0.29, 0.717) is 0 Å². The van der Waals surface area contributed by atoms with E-state index in [-0.39, 0.29) is 0 Å². The third-order valence-electron chi connectivity index (χ3n) is 1.75. The average Bonchev–Trinajstić information content (AvgIpc) is 2.54. The topological polar surface area (TPSA) is 22.4 Å². The highest BCUT2D eigenvalue weighted by atomic mass is 127. The van der Waals surface area contributed by atoms with E-state index in [9.17, 15) is 0 Å². The zero-order chi connectivity index (χ0) is 8.55. The fraction of sp³-hybridized carbons (Fsp3) is 0.111. The van der Waals surface area contributed by atoms with E-state index in [1.165, 1.54) is 3.57 Å². The number of furan rings is 1. The third kappa shape index (κ3) is 1.08. The van der Waals surface area contributed by atoms with Crippen LogP contribution in [0.4, 0.5) is 0 Å². The second-order valence-corrected chi connectivity index (χ2v) is 3.58. The summed E-state index contributed by atoms with van der Waals surface area (Å²) >= 11 is 2.27. The molecule has 1 heterocycles. The molecule has 0 saturated heterocycles. The Labute approximate surface area is 83.6 Å². The number of methoxy groups -OCH3 is 1. The Morgan fingerprint density at radius 2 is 2.17 bits per heavy atom. The number of ether oxygens (including phenoxy) is 1. The summed E-state index contributed by atoms with van der Waals surface area (Å²) in [6.07, 6.45) is 1.68. The van der Waals surface area contributed by atoms with Crippen molar-refractivity contribution in [1.29, 1.82) is 0 Å². The van der Waals surface area contributed by atoms with Gasteiger partial charge in [-0.25, -0.2) is 0 Å². The van der Waals surface area contributed by atoms with Gasteiger partial charge in [-0.2, -0.15) is 0 Å². The molecule has 0 bridgehead atoms. The van der Waals surface area contributed by atoms with Crippen LogP contribution in [0, 0.1) is 3.57 Å². The fourth-order valence-electron chi connectivity index (χ4n) is 1.16. The van der Waals surface area contributed by atoms with Gasteiger partial charge < -0.3 is 9.15 Å². The molecule has 62 valence electrons. The molecule has 2 aromatic rings. The van der Waals surface area contributed by atoms with Crippen LogP contribution in [0.5, 0.6) is 5.75 Å². The van der Waals surface area contributed by atoms with Crippen LogP contribution < -0.4 is 4.74 Å². The minimum atomic E-state index is 0.787. The molecular weight excluding hydrogens is 267 g/mol. The lowest BCUT2D eigenvalue weighted by Gasteiger charge is -2.00. The van der Waals surface area contributed by atoms with Gasteiger partial charge in [0.2, 0.25) is 0 Å². The maximum absolute atomic E-state index is 5.29. The molecule has 0 radical (unpaired) electrons. The van der Waals surface area contributed by atoms with Crippen molar-refractivity contribution in [3.63, 3.8) is 0 Å². The van der Waals surface area contributed by atoms with Gasteiger partial charge in [0.15, 0.2) is 11.3 Å². The Hall–Kier alpha value is -0.710. The minimum absolute atomic E-state index is 0.787. The second kappa shape index (κ2) is 2.97. The van der Waals surface area contributed by atoms with Crippen LogP contribution in [0.25, 0.3) is 11.0 Å². The summed E-state index contributed by atoms with van der Waals surface area (Å²) in [5.74, 6) is 0.787. The molecule has 0 unspecified atom stereocenters. The lowest BCUT2D eigenvalue weighted by Crippen LogP contribution is -1.83. The smallest absolute Gasteiger partial charge is 0.176 e. The lowest BCUT2D eigenvalue weighted by atomic mass is 10.2. The predicted molar refractivity (Wildman–Crippen MR) is 55.5 cm³/mol. The Balaban J connectivity index is 2.82. The van der Waals surface area contributed by atoms with Gasteiger partial charge in [0, 0.05) is 8.96 Å². The zero-order valence-corrected chi connectivity index (χ0v) is 8.66. The molecule has 0 aliphatic heterocycles. The highest BCUT2D eigenvalue weighted by molar-refractivity contribution is 14.1. The van der Waals surface area contributed by atoms with Gasteiger partial charge in [-0.05, 0) is 40.8 Å². The summed E-state index contributed by atoms with van der Waals surface area (Å²) in [5.41, 5.74) is 0.824. The molecule has 0 saturated carbocycles. The van der Waals surface area contributed by atoms with E-state index in [2.05, 4.69) is 22.6 Å². The fourth-order valence-corrected chi connectivity index (χ4v) is 1.77. The van der Waals surface area contributed by atoms with Gasteiger partial charge in [-0.1, -0.05) is 0 Å². The van der Waals surface area contributed by atoms with Crippen LogP contribution in [0.1, 0.15) is 0 Å². The summed E-state index contributed by atoms with van der Waals surface area (Å²) in [5, 5.41) is 1.11. The first-order valence-electron chi connectivity index (χ1n) is 3.52. The monoisotopic (exact) mass is 274 g/mol. The van der Waals surface area contributed by atoms with Gasteiger partial charge in [0.25, 0.3) is 0 Å². The maximum Gasteiger partial charge on any atom is 0.176 e. The summed E-state index contributed by atoms with van der Waals surface area (Å²) in [6.45, 7) is 0. The standard InChI is InChI=1S/C9H7IO2/c1-11-8-3-2-7(10)6-4-5-12-9(6)8/h2-5H,1H3. The van der Waals surface area contributed by atoms with E-state index in [0.717, 1.165) is 16.7 Å². The SMILES string of the molecule is COc1ccc(I)c2ccoc12. The molecule has 0 aliphatic carbocycles. The van der Waals surface area contributed by atoms with Crippen LogP contribution >= 0.6 is 22.6 Å². The van der Waals surface area contributed by atoms with Gasteiger partial charge in [-0.3, -0.25) is 0 Å². The van der Waals surface area contributed by atoms with Crippen LogP contribution in [-0.4, -0.2) is 7.11 Å². The number of halogens is 1. The number of hydrogen-bond acceptors (Lipinski definition) is 2. The molecule has 1 aromatic heterocycles. The zero-order valence-electron chi connectivity index (χ0n) is 6.50. The Kier molecular flexibility index (Phi) is 1.96. The summed E-state index contributed by atoms with van der Waals surface area (Å²) in [4.78, 5) is 0. The molecule has 0 N–H and O–H groups in total. The van der Waals surface area contributed by atoms with Crippen LogP contribution in [0.15, 0.2) is 28.9 Å². The normalized spacial score (nSPS) is 10.5. The van der Waals surface area contributed by atoms with Crippen LogP contribution in [0.2, 0.25) is 0 Å². The van der Waals surface area contributed by atoms with Crippen molar-refractivity contribution in [2.75, 3.05) is 7.11 Å². The third-order valence-corrected chi connectivity index (χ3v) is 2.69. The van der Waals surface area contributed by atoms with E-state index < -0.39 is 0 Å². The number of rotatable bonds is 1. The van der Waals surface area contributed by atoms with Gasteiger partial charge in [0.1, 0.15) is 0 Å².